The highest BCUT2D eigenvalue weighted by atomic mass is 16.5. The van der Waals surface area contributed by atoms with Gasteiger partial charge in [0.15, 0.2) is 0 Å². The van der Waals surface area contributed by atoms with Crippen molar-refractivity contribution in [2.75, 3.05) is 11.9 Å². The lowest BCUT2D eigenvalue weighted by Crippen LogP contribution is -2.09. The van der Waals surface area contributed by atoms with Crippen LogP contribution in [0.25, 0.3) is 11.0 Å². The smallest absolute Gasteiger partial charge is 0.248 e. The third-order valence-electron chi connectivity index (χ3n) is 2.56. The molecule has 2 N–H and O–H groups in total. The fourth-order valence-corrected chi connectivity index (χ4v) is 1.71. The van der Waals surface area contributed by atoms with Gasteiger partial charge in [0.25, 0.3) is 0 Å². The number of H-pyrrole nitrogens is 1. The molecule has 0 aliphatic carbocycles. The summed E-state index contributed by atoms with van der Waals surface area (Å²) < 4.78 is 5.68. The molecule has 0 bridgehead atoms. The Morgan fingerprint density at radius 2 is 2.30 bits per heavy atom. The van der Waals surface area contributed by atoms with Crippen LogP contribution in [0.4, 0.5) is 5.69 Å². The lowest BCUT2D eigenvalue weighted by atomic mass is 10.2. The van der Waals surface area contributed by atoms with Gasteiger partial charge in [0, 0.05) is 6.20 Å². The fourth-order valence-electron chi connectivity index (χ4n) is 1.71. The summed E-state index contributed by atoms with van der Waals surface area (Å²) in [7, 11) is 0. The molecule has 20 heavy (non-hydrogen) atoms. The first-order valence-corrected chi connectivity index (χ1v) is 6.50. The van der Waals surface area contributed by atoms with Crippen LogP contribution in [-0.4, -0.2) is 27.5 Å². The average Bonchev–Trinajstić information content (AvgIpc) is 2.80. The minimum absolute atomic E-state index is 0.202. The van der Waals surface area contributed by atoms with Crippen LogP contribution in [0.1, 0.15) is 20.8 Å². The molecule has 0 fully saturated rings. The normalized spacial score (nSPS) is 11.4. The number of nitrogens with one attached hydrogen (secondary N) is 2. The Hall–Kier alpha value is -2.37. The Morgan fingerprint density at radius 3 is 3.00 bits per heavy atom. The molecule has 2 heterocycles. The largest absolute Gasteiger partial charge is 0.477 e. The maximum atomic E-state index is 11.6. The molecule has 106 valence electrons. The zero-order valence-electron chi connectivity index (χ0n) is 11.8. The van der Waals surface area contributed by atoms with Gasteiger partial charge in [0.1, 0.15) is 17.4 Å². The van der Waals surface area contributed by atoms with Crippen molar-refractivity contribution in [1.29, 1.82) is 0 Å². The lowest BCUT2D eigenvalue weighted by Gasteiger charge is -2.09. The van der Waals surface area contributed by atoms with Gasteiger partial charge in [0.2, 0.25) is 11.8 Å². The van der Waals surface area contributed by atoms with E-state index >= 15 is 0 Å². The van der Waals surface area contributed by atoms with E-state index in [-0.39, 0.29) is 5.91 Å². The van der Waals surface area contributed by atoms with Gasteiger partial charge in [-0.1, -0.05) is 19.9 Å². The molecule has 0 saturated carbocycles. The van der Waals surface area contributed by atoms with Gasteiger partial charge >= 0.3 is 0 Å². The number of hydrogen-bond acceptors (Lipinski definition) is 4. The van der Waals surface area contributed by atoms with Crippen LogP contribution < -0.4 is 10.1 Å². The predicted molar refractivity (Wildman–Crippen MR) is 77.7 cm³/mol. The SMILES string of the molecule is CC=CC(=O)Nc1c[nH]c2ncnc(OCC(C)C)c12. The number of rotatable bonds is 5. The molecule has 0 aromatic carbocycles. The van der Waals surface area contributed by atoms with Crippen molar-refractivity contribution in [3.63, 3.8) is 0 Å². The topological polar surface area (TPSA) is 79.9 Å². The van der Waals surface area contributed by atoms with Crippen LogP contribution in [0.5, 0.6) is 5.88 Å². The van der Waals surface area contributed by atoms with Gasteiger partial charge < -0.3 is 15.0 Å². The number of anilines is 1. The molecule has 0 spiro atoms. The van der Waals surface area contributed by atoms with Gasteiger partial charge in [0.05, 0.1) is 12.3 Å². The Balaban J connectivity index is 2.33. The monoisotopic (exact) mass is 274 g/mol. The van der Waals surface area contributed by atoms with E-state index in [4.69, 9.17) is 4.74 Å². The van der Waals surface area contributed by atoms with Gasteiger partial charge in [-0.15, -0.1) is 0 Å². The highest BCUT2D eigenvalue weighted by Crippen LogP contribution is 2.29. The predicted octanol–water partition coefficient (Wildman–Crippen LogP) is 2.51. The van der Waals surface area contributed by atoms with Crippen LogP contribution in [-0.2, 0) is 4.79 Å². The van der Waals surface area contributed by atoms with Gasteiger partial charge in [-0.05, 0) is 18.9 Å². The Kier molecular flexibility index (Phi) is 4.34. The van der Waals surface area contributed by atoms with Gasteiger partial charge in [-0.25, -0.2) is 9.97 Å². The molecule has 0 unspecified atom stereocenters. The summed E-state index contributed by atoms with van der Waals surface area (Å²) in [6.45, 7) is 6.46. The number of nitrogens with zero attached hydrogens (tertiary/aromatic N) is 2. The van der Waals surface area contributed by atoms with Crippen molar-refractivity contribution < 1.29 is 9.53 Å². The van der Waals surface area contributed by atoms with E-state index in [0.29, 0.717) is 35.1 Å². The number of allylic oxidation sites excluding steroid dienone is 1. The molecular formula is C14H18N4O2. The van der Waals surface area contributed by atoms with E-state index in [0.717, 1.165) is 0 Å². The quantitative estimate of drug-likeness (QED) is 0.821. The second-order valence-corrected chi connectivity index (χ2v) is 4.80. The van der Waals surface area contributed by atoms with E-state index in [1.165, 1.54) is 12.4 Å². The summed E-state index contributed by atoms with van der Waals surface area (Å²) in [5.74, 6) is 0.660. The van der Waals surface area contributed by atoms with Crippen LogP contribution in [0.15, 0.2) is 24.7 Å². The van der Waals surface area contributed by atoms with Crippen LogP contribution in [0.3, 0.4) is 0 Å². The second-order valence-electron chi connectivity index (χ2n) is 4.80. The highest BCUT2D eigenvalue weighted by Gasteiger charge is 2.13. The number of aromatic amines is 1. The molecule has 6 nitrogen and oxygen atoms in total. The van der Waals surface area contributed by atoms with Crippen molar-refractivity contribution in [2.24, 2.45) is 5.92 Å². The summed E-state index contributed by atoms with van der Waals surface area (Å²) in [6, 6.07) is 0. The molecule has 0 aliphatic rings. The minimum atomic E-state index is -0.202. The average molecular weight is 274 g/mol. The molecule has 1 amide bonds. The zero-order chi connectivity index (χ0) is 14.5. The first kappa shape index (κ1) is 14.0. The number of ether oxygens (including phenoxy) is 1. The van der Waals surface area contributed by atoms with Gasteiger partial charge in [-0.2, -0.15) is 0 Å². The molecule has 0 aliphatic heterocycles. The molecule has 0 radical (unpaired) electrons. The number of amides is 1. The highest BCUT2D eigenvalue weighted by molar-refractivity contribution is 6.06. The summed E-state index contributed by atoms with van der Waals surface area (Å²) >= 11 is 0. The third kappa shape index (κ3) is 3.14. The Bertz CT molecular complexity index is 631. The van der Waals surface area contributed by atoms with E-state index in [1.807, 2.05) is 0 Å². The number of carbonyl (C=O) groups excluding carboxylic acids is 1. The van der Waals surface area contributed by atoms with E-state index in [1.54, 1.807) is 19.2 Å². The van der Waals surface area contributed by atoms with Crippen LogP contribution >= 0.6 is 0 Å². The number of aromatic nitrogens is 3. The van der Waals surface area contributed by atoms with E-state index < -0.39 is 0 Å². The number of fused-ring (bicyclic) bond motifs is 1. The summed E-state index contributed by atoms with van der Waals surface area (Å²) in [5, 5.41) is 3.46. The van der Waals surface area contributed by atoms with E-state index in [9.17, 15) is 4.79 Å². The molecule has 2 aromatic heterocycles. The lowest BCUT2D eigenvalue weighted by molar-refractivity contribution is -0.111. The Labute approximate surface area is 117 Å². The summed E-state index contributed by atoms with van der Waals surface area (Å²) in [5.41, 5.74) is 1.25. The second kappa shape index (κ2) is 6.18. The van der Waals surface area contributed by atoms with Gasteiger partial charge in [-0.3, -0.25) is 4.79 Å². The number of carbonyl (C=O) groups is 1. The zero-order valence-corrected chi connectivity index (χ0v) is 11.8. The summed E-state index contributed by atoms with van der Waals surface area (Å²) in [6.07, 6.45) is 6.25. The molecule has 0 saturated heterocycles. The number of hydrogen-bond donors (Lipinski definition) is 2. The third-order valence-corrected chi connectivity index (χ3v) is 2.56. The fraction of sp³-hybridized carbons (Fsp3) is 0.357. The van der Waals surface area contributed by atoms with E-state index in [2.05, 4.69) is 34.1 Å². The van der Waals surface area contributed by atoms with Crippen molar-refractivity contribution in [1.82, 2.24) is 15.0 Å². The minimum Gasteiger partial charge on any atom is -0.477 e. The summed E-state index contributed by atoms with van der Waals surface area (Å²) in [4.78, 5) is 22.9. The molecule has 2 aromatic rings. The molecule has 6 heteroatoms. The van der Waals surface area contributed by atoms with Crippen molar-refractivity contribution >= 4 is 22.6 Å². The Morgan fingerprint density at radius 1 is 1.50 bits per heavy atom. The van der Waals surface area contributed by atoms with Crippen molar-refractivity contribution in [3.8, 4) is 5.88 Å². The van der Waals surface area contributed by atoms with Crippen molar-refractivity contribution in [2.45, 2.75) is 20.8 Å². The maximum Gasteiger partial charge on any atom is 0.248 e. The molecular weight excluding hydrogens is 256 g/mol. The van der Waals surface area contributed by atoms with Crippen LogP contribution in [0.2, 0.25) is 0 Å². The first-order chi connectivity index (χ1) is 9.61. The van der Waals surface area contributed by atoms with Crippen LogP contribution in [0, 0.1) is 5.92 Å². The molecule has 2 rings (SSSR count). The molecule has 0 atom stereocenters. The maximum absolute atomic E-state index is 11.6. The first-order valence-electron chi connectivity index (χ1n) is 6.50. The van der Waals surface area contributed by atoms with Crippen molar-refractivity contribution in [3.05, 3.63) is 24.7 Å². The standard InChI is InChI=1S/C14H18N4O2/c1-4-5-11(19)18-10-6-15-13-12(10)14(17-8-16-13)20-7-9(2)3/h4-6,8-9H,7H2,1-3H3,(H,18,19)(H,15,16,17).